The monoisotopic (exact) mass is 380 g/mol. The van der Waals surface area contributed by atoms with Gasteiger partial charge in [0.15, 0.2) is 0 Å². The zero-order chi connectivity index (χ0) is 19.9. The number of benzene rings is 2. The molecule has 0 unspecified atom stereocenters. The highest BCUT2D eigenvalue weighted by atomic mass is 19.4. The van der Waals surface area contributed by atoms with E-state index in [2.05, 4.69) is 10.6 Å². The fourth-order valence-corrected chi connectivity index (χ4v) is 2.27. The van der Waals surface area contributed by atoms with Gasteiger partial charge in [-0.25, -0.2) is 0 Å². The van der Waals surface area contributed by atoms with Crippen molar-refractivity contribution in [2.75, 3.05) is 25.6 Å². The molecular formula is C19H19F3N2O3. The van der Waals surface area contributed by atoms with Crippen molar-refractivity contribution >= 4 is 17.5 Å². The number of amides is 2. The zero-order valence-corrected chi connectivity index (χ0v) is 14.6. The molecule has 0 saturated carbocycles. The van der Waals surface area contributed by atoms with Gasteiger partial charge in [-0.15, -0.1) is 0 Å². The molecule has 2 rings (SSSR count). The van der Waals surface area contributed by atoms with Crippen LogP contribution in [0.2, 0.25) is 0 Å². The molecule has 0 spiro atoms. The van der Waals surface area contributed by atoms with Crippen LogP contribution in [0.15, 0.2) is 48.5 Å². The summed E-state index contributed by atoms with van der Waals surface area (Å²) in [6.07, 6.45) is -3.77. The van der Waals surface area contributed by atoms with E-state index < -0.39 is 17.6 Å². The van der Waals surface area contributed by atoms with Crippen LogP contribution in [0.4, 0.5) is 18.9 Å². The van der Waals surface area contributed by atoms with E-state index >= 15 is 0 Å². The highest BCUT2D eigenvalue weighted by molar-refractivity contribution is 6.06. The Morgan fingerprint density at radius 1 is 1.00 bits per heavy atom. The van der Waals surface area contributed by atoms with Gasteiger partial charge < -0.3 is 15.4 Å². The van der Waals surface area contributed by atoms with E-state index in [1.54, 1.807) is 19.2 Å². The minimum Gasteiger partial charge on any atom is -0.385 e. The quantitative estimate of drug-likeness (QED) is 0.720. The molecule has 0 aliphatic carbocycles. The number of nitrogens with one attached hydrogen (secondary N) is 2. The molecule has 2 aromatic carbocycles. The van der Waals surface area contributed by atoms with Gasteiger partial charge in [0.25, 0.3) is 11.8 Å². The van der Waals surface area contributed by atoms with Gasteiger partial charge in [0.1, 0.15) is 0 Å². The number of carbonyl (C=O) groups excluding carboxylic acids is 2. The third-order valence-electron chi connectivity index (χ3n) is 3.67. The lowest BCUT2D eigenvalue weighted by Crippen LogP contribution is -2.25. The first kappa shape index (κ1) is 20.4. The van der Waals surface area contributed by atoms with E-state index in [0.717, 1.165) is 12.1 Å². The van der Waals surface area contributed by atoms with E-state index in [1.165, 1.54) is 24.3 Å². The highest BCUT2D eigenvalue weighted by Gasteiger charge is 2.30. The van der Waals surface area contributed by atoms with Gasteiger partial charge in [0.05, 0.1) is 5.56 Å². The molecule has 0 fully saturated rings. The fraction of sp³-hybridized carbons (Fsp3) is 0.263. The lowest BCUT2D eigenvalue weighted by Gasteiger charge is -2.10. The largest absolute Gasteiger partial charge is 0.416 e. The Bertz CT molecular complexity index is 790. The molecule has 0 radical (unpaired) electrons. The molecule has 0 aliphatic heterocycles. The van der Waals surface area contributed by atoms with Gasteiger partial charge in [-0.2, -0.15) is 13.2 Å². The molecule has 27 heavy (non-hydrogen) atoms. The lowest BCUT2D eigenvalue weighted by atomic mass is 10.1. The van der Waals surface area contributed by atoms with Crippen molar-refractivity contribution in [1.29, 1.82) is 0 Å². The third kappa shape index (κ3) is 6.10. The second-order valence-electron chi connectivity index (χ2n) is 5.71. The number of carbonyl (C=O) groups is 2. The predicted octanol–water partition coefficient (Wildman–Crippen LogP) is 3.72. The van der Waals surface area contributed by atoms with Crippen LogP contribution in [0, 0.1) is 0 Å². The molecule has 5 nitrogen and oxygen atoms in total. The summed E-state index contributed by atoms with van der Waals surface area (Å²) in [4.78, 5) is 24.4. The summed E-state index contributed by atoms with van der Waals surface area (Å²) in [5, 5.41) is 5.22. The van der Waals surface area contributed by atoms with Crippen LogP contribution >= 0.6 is 0 Å². The van der Waals surface area contributed by atoms with Crippen LogP contribution in [0.3, 0.4) is 0 Å². The van der Waals surface area contributed by atoms with Crippen LogP contribution in [0.5, 0.6) is 0 Å². The first-order chi connectivity index (χ1) is 12.8. The summed E-state index contributed by atoms with van der Waals surface area (Å²) in [7, 11) is 1.57. The first-order valence-electron chi connectivity index (χ1n) is 8.17. The van der Waals surface area contributed by atoms with E-state index in [1.807, 2.05) is 0 Å². The number of rotatable bonds is 7. The van der Waals surface area contributed by atoms with Crippen molar-refractivity contribution in [2.24, 2.45) is 0 Å². The molecule has 2 aromatic rings. The summed E-state index contributed by atoms with van der Waals surface area (Å²) in [5.74, 6) is -0.848. The molecular weight excluding hydrogens is 361 g/mol. The molecule has 144 valence electrons. The van der Waals surface area contributed by atoms with Gasteiger partial charge in [0, 0.05) is 37.1 Å². The van der Waals surface area contributed by atoms with Crippen molar-refractivity contribution in [3.05, 3.63) is 65.2 Å². The predicted molar refractivity (Wildman–Crippen MR) is 94.7 cm³/mol. The first-order valence-corrected chi connectivity index (χ1v) is 8.17. The molecule has 0 saturated heterocycles. The lowest BCUT2D eigenvalue weighted by molar-refractivity contribution is -0.137. The number of ether oxygens (including phenoxy) is 1. The molecule has 0 heterocycles. The van der Waals surface area contributed by atoms with Gasteiger partial charge in [-0.3, -0.25) is 9.59 Å². The Kier molecular flexibility index (Phi) is 6.95. The summed E-state index contributed by atoms with van der Waals surface area (Å²) < 4.78 is 42.6. The van der Waals surface area contributed by atoms with Crippen molar-refractivity contribution in [1.82, 2.24) is 5.32 Å². The van der Waals surface area contributed by atoms with Crippen molar-refractivity contribution in [3.63, 3.8) is 0 Å². The van der Waals surface area contributed by atoms with Crippen molar-refractivity contribution < 1.29 is 27.5 Å². The smallest absolute Gasteiger partial charge is 0.385 e. The zero-order valence-electron chi connectivity index (χ0n) is 14.6. The Labute approximate surface area is 154 Å². The average Bonchev–Trinajstić information content (AvgIpc) is 2.65. The Morgan fingerprint density at radius 3 is 2.22 bits per heavy atom. The maximum absolute atomic E-state index is 12.6. The number of hydrogen-bond acceptors (Lipinski definition) is 3. The fourth-order valence-electron chi connectivity index (χ4n) is 2.27. The van der Waals surface area contributed by atoms with Crippen LogP contribution in [-0.4, -0.2) is 32.1 Å². The Hall–Kier alpha value is -2.87. The second-order valence-corrected chi connectivity index (χ2v) is 5.71. The van der Waals surface area contributed by atoms with Crippen molar-refractivity contribution in [2.45, 2.75) is 12.6 Å². The van der Waals surface area contributed by atoms with Gasteiger partial charge >= 0.3 is 6.18 Å². The maximum atomic E-state index is 12.6. The average molecular weight is 380 g/mol. The summed E-state index contributed by atoms with van der Waals surface area (Å²) in [6, 6.07) is 10.2. The maximum Gasteiger partial charge on any atom is 0.416 e. The van der Waals surface area contributed by atoms with Crippen LogP contribution in [0.25, 0.3) is 0 Å². The standard InChI is InChI=1S/C19H19F3N2O3/c1-27-11-3-10-23-17(25)13-4-2-5-14(12-13)18(26)24-16-8-6-15(7-9-16)19(20,21)22/h2,4-9,12H,3,10-11H2,1H3,(H,23,25)(H,24,26). The van der Waals surface area contributed by atoms with Gasteiger partial charge in [-0.05, 0) is 48.9 Å². The van der Waals surface area contributed by atoms with E-state index in [-0.39, 0.29) is 17.2 Å². The number of alkyl halides is 3. The molecule has 0 atom stereocenters. The molecule has 0 aliphatic rings. The summed E-state index contributed by atoms with van der Waals surface area (Å²) >= 11 is 0. The minimum atomic E-state index is -4.44. The third-order valence-corrected chi connectivity index (χ3v) is 3.67. The second kappa shape index (κ2) is 9.18. The van der Waals surface area contributed by atoms with E-state index in [4.69, 9.17) is 4.74 Å². The van der Waals surface area contributed by atoms with Crippen molar-refractivity contribution in [3.8, 4) is 0 Å². The number of halogens is 3. The van der Waals surface area contributed by atoms with Crippen LogP contribution in [0.1, 0.15) is 32.7 Å². The Morgan fingerprint density at radius 2 is 1.63 bits per heavy atom. The Balaban J connectivity index is 2.01. The minimum absolute atomic E-state index is 0.222. The van der Waals surface area contributed by atoms with Gasteiger partial charge in [0.2, 0.25) is 0 Å². The van der Waals surface area contributed by atoms with Crippen LogP contribution < -0.4 is 10.6 Å². The molecule has 8 heteroatoms. The van der Waals surface area contributed by atoms with Gasteiger partial charge in [-0.1, -0.05) is 6.07 Å². The van der Waals surface area contributed by atoms with E-state index in [9.17, 15) is 22.8 Å². The number of methoxy groups -OCH3 is 1. The summed E-state index contributed by atoms with van der Waals surface area (Å²) in [6.45, 7) is 0.963. The number of anilines is 1. The SMILES string of the molecule is COCCCNC(=O)c1cccc(C(=O)Nc2ccc(C(F)(F)F)cc2)c1. The molecule has 0 aromatic heterocycles. The van der Waals surface area contributed by atoms with E-state index in [0.29, 0.717) is 25.1 Å². The topological polar surface area (TPSA) is 67.4 Å². The molecule has 2 N–H and O–H groups in total. The summed E-state index contributed by atoms with van der Waals surface area (Å²) in [5.41, 5.74) is -0.0398. The highest BCUT2D eigenvalue weighted by Crippen LogP contribution is 2.29. The molecule has 2 amide bonds. The van der Waals surface area contributed by atoms with Crippen LogP contribution in [-0.2, 0) is 10.9 Å². The molecule has 0 bridgehead atoms. The normalized spacial score (nSPS) is 11.1. The number of hydrogen-bond donors (Lipinski definition) is 2.